The second kappa shape index (κ2) is 6.02. The van der Waals surface area contributed by atoms with Crippen molar-refractivity contribution < 1.29 is 4.74 Å². The molecule has 0 N–H and O–H groups in total. The highest BCUT2D eigenvalue weighted by Crippen LogP contribution is 2.22. The lowest BCUT2D eigenvalue weighted by molar-refractivity contribution is 0.407. The van der Waals surface area contributed by atoms with E-state index < -0.39 is 0 Å². The maximum Gasteiger partial charge on any atom is 0.122 e. The zero-order valence-corrected chi connectivity index (χ0v) is 10.5. The van der Waals surface area contributed by atoms with Gasteiger partial charge in [0.15, 0.2) is 0 Å². The lowest BCUT2D eigenvalue weighted by atomic mass is 10.0. The summed E-state index contributed by atoms with van der Waals surface area (Å²) in [5.74, 6) is 2.29. The summed E-state index contributed by atoms with van der Waals surface area (Å²) in [6.45, 7) is 4.28. The van der Waals surface area contributed by atoms with Crippen molar-refractivity contribution in [3.63, 3.8) is 0 Å². The topological polar surface area (TPSA) is 9.23 Å². The third-order valence-corrected chi connectivity index (χ3v) is 3.13. The second-order valence-electron chi connectivity index (χ2n) is 4.11. The molecule has 2 heteroatoms. The number of halogens is 1. The fraction of sp³-hybridized carbons (Fsp3) is 0.538. The van der Waals surface area contributed by atoms with Crippen LogP contribution in [0.5, 0.6) is 5.75 Å². The van der Waals surface area contributed by atoms with Gasteiger partial charge in [0, 0.05) is 5.88 Å². The van der Waals surface area contributed by atoms with Crippen LogP contribution in [0, 0.1) is 12.8 Å². The summed E-state index contributed by atoms with van der Waals surface area (Å²) in [6.07, 6.45) is 2.15. The lowest BCUT2D eigenvalue weighted by Crippen LogP contribution is -2.00. The Balaban J connectivity index is 2.69. The molecule has 0 saturated heterocycles. The third-order valence-electron chi connectivity index (χ3n) is 2.61. The van der Waals surface area contributed by atoms with Gasteiger partial charge in [0.2, 0.25) is 0 Å². The van der Waals surface area contributed by atoms with Crippen LogP contribution >= 0.6 is 11.6 Å². The Hall–Kier alpha value is -0.690. The summed E-state index contributed by atoms with van der Waals surface area (Å²) in [5, 5.41) is 0. The molecule has 84 valence electrons. The first kappa shape index (κ1) is 12.4. The molecular weight excluding hydrogens is 208 g/mol. The predicted molar refractivity (Wildman–Crippen MR) is 65.9 cm³/mol. The highest BCUT2D eigenvalue weighted by molar-refractivity contribution is 6.18. The molecule has 1 rings (SSSR count). The normalized spacial score (nSPS) is 12.5. The number of aryl methyl sites for hydroxylation is 2. The van der Waals surface area contributed by atoms with E-state index >= 15 is 0 Å². The van der Waals surface area contributed by atoms with Gasteiger partial charge in [-0.05, 0) is 37.3 Å². The Bertz CT molecular complexity index is 309. The molecule has 0 fully saturated rings. The summed E-state index contributed by atoms with van der Waals surface area (Å²) in [5.41, 5.74) is 2.57. The zero-order chi connectivity index (χ0) is 11.3. The van der Waals surface area contributed by atoms with Gasteiger partial charge in [0.1, 0.15) is 5.75 Å². The molecule has 0 aromatic heterocycles. The summed E-state index contributed by atoms with van der Waals surface area (Å²) in [6, 6.07) is 6.31. The van der Waals surface area contributed by atoms with Crippen molar-refractivity contribution in [2.45, 2.75) is 26.7 Å². The molecule has 0 aliphatic heterocycles. The minimum Gasteiger partial charge on any atom is -0.496 e. The molecule has 0 heterocycles. The molecule has 0 saturated carbocycles. The fourth-order valence-corrected chi connectivity index (χ4v) is 1.74. The van der Waals surface area contributed by atoms with Gasteiger partial charge in [-0.25, -0.2) is 0 Å². The maximum atomic E-state index is 5.79. The van der Waals surface area contributed by atoms with E-state index in [9.17, 15) is 0 Å². The van der Waals surface area contributed by atoms with Crippen molar-refractivity contribution in [1.82, 2.24) is 0 Å². The zero-order valence-electron chi connectivity index (χ0n) is 9.72. The van der Waals surface area contributed by atoms with Crippen LogP contribution in [0.3, 0.4) is 0 Å². The Morgan fingerprint density at radius 2 is 2.13 bits per heavy atom. The molecule has 15 heavy (non-hydrogen) atoms. The Kier molecular flexibility index (Phi) is 4.97. The monoisotopic (exact) mass is 226 g/mol. The van der Waals surface area contributed by atoms with Crippen LogP contribution in [0.4, 0.5) is 0 Å². The third kappa shape index (κ3) is 3.75. The van der Waals surface area contributed by atoms with Gasteiger partial charge < -0.3 is 4.74 Å². The van der Waals surface area contributed by atoms with E-state index in [1.54, 1.807) is 7.11 Å². The molecule has 1 aromatic carbocycles. The molecular formula is C13H19ClO. The molecule has 0 radical (unpaired) electrons. The van der Waals surface area contributed by atoms with Crippen LogP contribution in [0.2, 0.25) is 0 Å². The number of hydrogen-bond acceptors (Lipinski definition) is 1. The molecule has 1 nitrogen and oxygen atoms in total. The predicted octanol–water partition coefficient (Wildman–Crippen LogP) is 3.81. The summed E-state index contributed by atoms with van der Waals surface area (Å²) >= 11 is 5.79. The summed E-state index contributed by atoms with van der Waals surface area (Å²) < 4.78 is 5.33. The number of benzene rings is 1. The van der Waals surface area contributed by atoms with Gasteiger partial charge in [0.25, 0.3) is 0 Å². The highest BCUT2D eigenvalue weighted by atomic mass is 35.5. The first-order chi connectivity index (χ1) is 7.17. The standard InChI is InChI=1S/C13H19ClO/c1-10-5-7-13(15-3)12(8-10)6-4-11(2)9-14/h5,7-8,11H,4,6,9H2,1-3H3. The maximum absolute atomic E-state index is 5.79. The Morgan fingerprint density at radius 1 is 1.40 bits per heavy atom. The van der Waals surface area contributed by atoms with E-state index in [1.165, 1.54) is 11.1 Å². The van der Waals surface area contributed by atoms with E-state index in [-0.39, 0.29) is 0 Å². The number of methoxy groups -OCH3 is 1. The summed E-state index contributed by atoms with van der Waals surface area (Å²) in [4.78, 5) is 0. The fourth-order valence-electron chi connectivity index (χ4n) is 1.58. The van der Waals surface area contributed by atoms with Crippen molar-refractivity contribution in [3.05, 3.63) is 29.3 Å². The van der Waals surface area contributed by atoms with Crippen LogP contribution in [-0.4, -0.2) is 13.0 Å². The number of ether oxygens (including phenoxy) is 1. The number of rotatable bonds is 5. The number of alkyl halides is 1. The minimum atomic E-state index is 0.567. The molecule has 1 atom stereocenters. The van der Waals surface area contributed by atoms with E-state index in [0.717, 1.165) is 24.5 Å². The highest BCUT2D eigenvalue weighted by Gasteiger charge is 2.06. The largest absolute Gasteiger partial charge is 0.496 e. The Morgan fingerprint density at radius 3 is 2.73 bits per heavy atom. The minimum absolute atomic E-state index is 0.567. The van der Waals surface area contributed by atoms with Gasteiger partial charge >= 0.3 is 0 Å². The average Bonchev–Trinajstić information content (AvgIpc) is 2.26. The van der Waals surface area contributed by atoms with Gasteiger partial charge in [0.05, 0.1) is 7.11 Å². The average molecular weight is 227 g/mol. The van der Waals surface area contributed by atoms with Gasteiger partial charge in [-0.15, -0.1) is 11.6 Å². The molecule has 0 aliphatic carbocycles. The van der Waals surface area contributed by atoms with Crippen LogP contribution < -0.4 is 4.74 Å². The van der Waals surface area contributed by atoms with Crippen molar-refractivity contribution >= 4 is 11.6 Å². The SMILES string of the molecule is COc1ccc(C)cc1CCC(C)CCl. The van der Waals surface area contributed by atoms with Gasteiger partial charge in [-0.3, -0.25) is 0 Å². The molecule has 1 unspecified atom stereocenters. The van der Waals surface area contributed by atoms with Crippen LogP contribution in [-0.2, 0) is 6.42 Å². The lowest BCUT2D eigenvalue weighted by Gasteiger charge is -2.11. The van der Waals surface area contributed by atoms with Crippen LogP contribution in [0.25, 0.3) is 0 Å². The van der Waals surface area contributed by atoms with E-state index in [0.29, 0.717) is 5.92 Å². The number of hydrogen-bond donors (Lipinski definition) is 0. The molecule has 0 amide bonds. The van der Waals surface area contributed by atoms with Crippen molar-refractivity contribution in [1.29, 1.82) is 0 Å². The summed E-state index contributed by atoms with van der Waals surface area (Å²) in [7, 11) is 1.72. The molecule has 0 aliphatic rings. The van der Waals surface area contributed by atoms with Crippen molar-refractivity contribution in [3.8, 4) is 5.75 Å². The molecule has 0 bridgehead atoms. The quantitative estimate of drug-likeness (QED) is 0.694. The first-order valence-electron chi connectivity index (χ1n) is 5.37. The van der Waals surface area contributed by atoms with E-state index in [2.05, 4.69) is 26.0 Å². The second-order valence-corrected chi connectivity index (χ2v) is 4.42. The Labute approximate surface area is 97.4 Å². The van der Waals surface area contributed by atoms with Crippen molar-refractivity contribution in [2.75, 3.05) is 13.0 Å². The smallest absolute Gasteiger partial charge is 0.122 e. The van der Waals surface area contributed by atoms with Crippen molar-refractivity contribution in [2.24, 2.45) is 5.92 Å². The van der Waals surface area contributed by atoms with Gasteiger partial charge in [-0.1, -0.05) is 24.6 Å². The van der Waals surface area contributed by atoms with Crippen LogP contribution in [0.15, 0.2) is 18.2 Å². The molecule has 0 spiro atoms. The van der Waals surface area contributed by atoms with Gasteiger partial charge in [-0.2, -0.15) is 0 Å². The van der Waals surface area contributed by atoms with E-state index in [1.807, 2.05) is 6.07 Å². The van der Waals surface area contributed by atoms with Crippen LogP contribution in [0.1, 0.15) is 24.5 Å². The molecule has 1 aromatic rings. The van der Waals surface area contributed by atoms with E-state index in [4.69, 9.17) is 16.3 Å². The first-order valence-corrected chi connectivity index (χ1v) is 5.90.